The fourth-order valence-electron chi connectivity index (χ4n) is 2.15. The van der Waals surface area contributed by atoms with Crippen LogP contribution in [0.3, 0.4) is 0 Å². The van der Waals surface area contributed by atoms with Crippen molar-refractivity contribution in [2.75, 3.05) is 26.7 Å². The Morgan fingerprint density at radius 1 is 1.60 bits per heavy atom. The summed E-state index contributed by atoms with van der Waals surface area (Å²) in [7, 11) is 2.04. The number of rotatable bonds is 4. The van der Waals surface area contributed by atoms with E-state index in [1.54, 1.807) is 11.3 Å². The van der Waals surface area contributed by atoms with E-state index >= 15 is 0 Å². The molecule has 1 aromatic rings. The third-order valence-electron chi connectivity index (χ3n) is 2.85. The first kappa shape index (κ1) is 13.0. The molecule has 0 spiro atoms. The fraction of sp³-hybridized carbons (Fsp3) is 0.636. The number of likely N-dealkylation sites (tertiary alicyclic amines) is 1. The summed E-state index contributed by atoms with van der Waals surface area (Å²) >= 11 is 1.80. The second-order valence-electron chi connectivity index (χ2n) is 4.08. The number of nitrogens with one attached hydrogen (secondary N) is 1. The highest BCUT2D eigenvalue weighted by Gasteiger charge is 2.21. The van der Waals surface area contributed by atoms with Crippen LogP contribution in [0.25, 0.3) is 0 Å². The summed E-state index contributed by atoms with van der Waals surface area (Å²) in [5.74, 6) is 0.860. The Balaban J connectivity index is 0.00000112. The zero-order valence-corrected chi connectivity index (χ0v) is 10.7. The van der Waals surface area contributed by atoms with Gasteiger partial charge in [0, 0.05) is 13.1 Å². The maximum absolute atomic E-state index is 3.26. The summed E-state index contributed by atoms with van der Waals surface area (Å²) in [4.78, 5) is 2.56. The molecule has 1 aromatic heterocycles. The third kappa shape index (κ3) is 3.76. The van der Waals surface area contributed by atoms with Gasteiger partial charge >= 0.3 is 0 Å². The molecule has 0 saturated carbocycles. The Kier molecular flexibility index (Phi) is 5.61. The second kappa shape index (κ2) is 6.48. The van der Waals surface area contributed by atoms with Crippen molar-refractivity contribution in [2.24, 2.45) is 5.92 Å². The minimum Gasteiger partial charge on any atom is -0.319 e. The van der Waals surface area contributed by atoms with E-state index in [9.17, 15) is 0 Å². The Hall–Kier alpha value is -0.0900. The first-order valence-electron chi connectivity index (χ1n) is 5.26. The Morgan fingerprint density at radius 3 is 3.13 bits per heavy atom. The number of nitrogens with zero attached hydrogens (tertiary/aromatic N) is 1. The van der Waals surface area contributed by atoms with E-state index in [0.29, 0.717) is 0 Å². The molecule has 1 saturated heterocycles. The van der Waals surface area contributed by atoms with Crippen molar-refractivity contribution in [2.45, 2.75) is 13.0 Å². The molecule has 4 heteroatoms. The van der Waals surface area contributed by atoms with Crippen molar-refractivity contribution in [3.63, 3.8) is 0 Å². The molecule has 1 aliphatic heterocycles. The first-order chi connectivity index (χ1) is 6.88. The zero-order valence-electron chi connectivity index (χ0n) is 9.11. The van der Waals surface area contributed by atoms with Crippen LogP contribution in [-0.4, -0.2) is 31.6 Å². The molecule has 1 N–H and O–H groups in total. The van der Waals surface area contributed by atoms with Crippen molar-refractivity contribution < 1.29 is 0 Å². The van der Waals surface area contributed by atoms with Gasteiger partial charge in [0.15, 0.2) is 0 Å². The van der Waals surface area contributed by atoms with E-state index in [2.05, 4.69) is 27.0 Å². The van der Waals surface area contributed by atoms with Crippen LogP contribution in [0.5, 0.6) is 0 Å². The molecule has 1 aliphatic rings. The van der Waals surface area contributed by atoms with Gasteiger partial charge in [-0.3, -0.25) is 4.90 Å². The van der Waals surface area contributed by atoms with Gasteiger partial charge in [-0.05, 0) is 54.9 Å². The Bertz CT molecular complexity index is 264. The van der Waals surface area contributed by atoms with E-state index in [4.69, 9.17) is 0 Å². The Morgan fingerprint density at radius 2 is 2.47 bits per heavy atom. The number of halogens is 1. The lowest BCUT2D eigenvalue weighted by molar-refractivity contribution is 0.316. The quantitative estimate of drug-likeness (QED) is 0.877. The topological polar surface area (TPSA) is 15.3 Å². The monoisotopic (exact) mass is 246 g/mol. The molecule has 2 heterocycles. The summed E-state index contributed by atoms with van der Waals surface area (Å²) in [6.45, 7) is 4.84. The van der Waals surface area contributed by atoms with E-state index in [0.717, 1.165) is 12.5 Å². The number of thiophene rings is 1. The lowest BCUT2D eigenvalue weighted by Gasteiger charge is -2.14. The SMILES string of the molecule is CNCC1CCN(Cc2ccsc2)C1.Cl. The van der Waals surface area contributed by atoms with Crippen molar-refractivity contribution in [3.05, 3.63) is 22.4 Å². The van der Waals surface area contributed by atoms with Crippen molar-refractivity contribution >= 4 is 23.7 Å². The first-order valence-corrected chi connectivity index (χ1v) is 6.21. The fourth-order valence-corrected chi connectivity index (χ4v) is 2.81. The minimum absolute atomic E-state index is 0. The van der Waals surface area contributed by atoms with Gasteiger partial charge in [0.1, 0.15) is 0 Å². The van der Waals surface area contributed by atoms with E-state index in [1.165, 1.54) is 31.6 Å². The summed E-state index contributed by atoms with van der Waals surface area (Å²) in [6, 6.07) is 2.23. The molecule has 2 rings (SSSR count). The maximum Gasteiger partial charge on any atom is 0.0242 e. The van der Waals surface area contributed by atoms with Crippen molar-refractivity contribution in [1.29, 1.82) is 0 Å². The summed E-state index contributed by atoms with van der Waals surface area (Å²) in [5, 5.41) is 7.68. The molecule has 1 fully saturated rings. The molecule has 15 heavy (non-hydrogen) atoms. The molecule has 1 atom stereocenters. The molecular formula is C11H19ClN2S. The molecular weight excluding hydrogens is 228 g/mol. The van der Waals surface area contributed by atoms with Crippen LogP contribution in [0, 0.1) is 5.92 Å². The van der Waals surface area contributed by atoms with Gasteiger partial charge in [0.25, 0.3) is 0 Å². The van der Waals surface area contributed by atoms with Crippen LogP contribution in [-0.2, 0) is 6.54 Å². The van der Waals surface area contributed by atoms with E-state index < -0.39 is 0 Å². The zero-order chi connectivity index (χ0) is 9.80. The molecule has 0 bridgehead atoms. The molecule has 0 aliphatic carbocycles. The molecule has 1 unspecified atom stereocenters. The average molecular weight is 247 g/mol. The number of hydrogen-bond donors (Lipinski definition) is 1. The lowest BCUT2D eigenvalue weighted by Crippen LogP contribution is -2.24. The highest BCUT2D eigenvalue weighted by molar-refractivity contribution is 7.07. The Labute approximate surface area is 102 Å². The predicted molar refractivity (Wildman–Crippen MR) is 68.9 cm³/mol. The van der Waals surface area contributed by atoms with Gasteiger partial charge in [-0.25, -0.2) is 0 Å². The van der Waals surface area contributed by atoms with Gasteiger partial charge in [0.05, 0.1) is 0 Å². The summed E-state index contributed by atoms with van der Waals surface area (Å²) in [6.07, 6.45) is 1.35. The van der Waals surface area contributed by atoms with Crippen LogP contribution < -0.4 is 5.32 Å². The summed E-state index contributed by atoms with van der Waals surface area (Å²) in [5.41, 5.74) is 1.47. The van der Waals surface area contributed by atoms with Crippen molar-refractivity contribution in [3.8, 4) is 0 Å². The van der Waals surface area contributed by atoms with Gasteiger partial charge in [-0.1, -0.05) is 0 Å². The van der Waals surface area contributed by atoms with Crippen molar-refractivity contribution in [1.82, 2.24) is 10.2 Å². The summed E-state index contributed by atoms with van der Waals surface area (Å²) < 4.78 is 0. The third-order valence-corrected chi connectivity index (χ3v) is 3.58. The van der Waals surface area contributed by atoms with Gasteiger partial charge < -0.3 is 5.32 Å². The van der Waals surface area contributed by atoms with Crippen LogP contribution in [0.15, 0.2) is 16.8 Å². The van der Waals surface area contributed by atoms with Gasteiger partial charge in [-0.15, -0.1) is 12.4 Å². The van der Waals surface area contributed by atoms with Crippen LogP contribution in [0.2, 0.25) is 0 Å². The van der Waals surface area contributed by atoms with Gasteiger partial charge in [0.2, 0.25) is 0 Å². The van der Waals surface area contributed by atoms with Crippen LogP contribution in [0.4, 0.5) is 0 Å². The largest absolute Gasteiger partial charge is 0.319 e. The average Bonchev–Trinajstić information content (AvgIpc) is 2.79. The van der Waals surface area contributed by atoms with Gasteiger partial charge in [-0.2, -0.15) is 11.3 Å². The highest BCUT2D eigenvalue weighted by atomic mass is 35.5. The number of hydrogen-bond acceptors (Lipinski definition) is 3. The maximum atomic E-state index is 3.26. The molecule has 0 aromatic carbocycles. The highest BCUT2D eigenvalue weighted by Crippen LogP contribution is 2.18. The molecule has 0 radical (unpaired) electrons. The molecule has 2 nitrogen and oxygen atoms in total. The second-order valence-corrected chi connectivity index (χ2v) is 4.86. The molecule has 86 valence electrons. The van der Waals surface area contributed by atoms with Crippen LogP contribution >= 0.6 is 23.7 Å². The smallest absolute Gasteiger partial charge is 0.0242 e. The van der Waals surface area contributed by atoms with Crippen LogP contribution in [0.1, 0.15) is 12.0 Å². The lowest BCUT2D eigenvalue weighted by atomic mass is 10.1. The standard InChI is InChI=1S/C11H18N2S.ClH/c1-12-6-10-2-4-13(7-10)8-11-3-5-14-9-11;/h3,5,9-10,12H,2,4,6-8H2,1H3;1H. The minimum atomic E-state index is 0. The van der Waals surface area contributed by atoms with E-state index in [1.807, 2.05) is 7.05 Å². The molecule has 0 amide bonds. The predicted octanol–water partition coefficient (Wildman–Crippen LogP) is 2.21. The van der Waals surface area contributed by atoms with E-state index in [-0.39, 0.29) is 12.4 Å². The normalized spacial score (nSPS) is 21.5.